The summed E-state index contributed by atoms with van der Waals surface area (Å²) in [6.07, 6.45) is 0. The van der Waals surface area contributed by atoms with Crippen molar-refractivity contribution >= 4 is 46.3 Å². The maximum absolute atomic E-state index is 13.4. The minimum Gasteiger partial charge on any atom is -0.507 e. The third-order valence-corrected chi connectivity index (χ3v) is 6.18. The highest BCUT2D eigenvalue weighted by Gasteiger charge is 2.48. The third kappa shape index (κ3) is 5.01. The van der Waals surface area contributed by atoms with Crippen LogP contribution in [-0.4, -0.2) is 36.4 Å². The Hall–Kier alpha value is -4.30. The molecule has 1 saturated heterocycles. The molecule has 0 radical (unpaired) electrons. The van der Waals surface area contributed by atoms with E-state index >= 15 is 0 Å². The monoisotopic (exact) mass is 520 g/mol. The minimum absolute atomic E-state index is 0.143. The molecule has 8 nitrogen and oxygen atoms in total. The molecule has 1 atom stereocenters. The van der Waals surface area contributed by atoms with Crippen molar-refractivity contribution in [2.24, 2.45) is 0 Å². The van der Waals surface area contributed by atoms with Gasteiger partial charge in [0.2, 0.25) is 5.91 Å². The van der Waals surface area contributed by atoms with Gasteiger partial charge in [0.15, 0.2) is 0 Å². The predicted octanol–water partition coefficient (Wildman–Crippen LogP) is 5.33. The van der Waals surface area contributed by atoms with Crippen molar-refractivity contribution in [1.29, 1.82) is 0 Å². The number of amides is 2. The molecular formula is C28H25ClN2O6. The van der Waals surface area contributed by atoms with Crippen LogP contribution in [0.25, 0.3) is 5.76 Å². The number of rotatable bonds is 7. The topological polar surface area (TPSA) is 105 Å². The number of hydrogen-bond acceptors (Lipinski definition) is 6. The van der Waals surface area contributed by atoms with Crippen molar-refractivity contribution in [2.75, 3.05) is 23.9 Å². The standard InChI is InChI=1S/C28H25ClN2O6/c1-4-37-19-13-14-22(29)21(15-19)26(33)24-25(20-7-5-6-8-23(20)36-3)31(28(35)27(24)34)18-11-9-17(10-12-18)30-16(2)32/h5-15,25,33H,4H2,1-3H3,(H,30,32)/b26-24+. The zero-order chi connectivity index (χ0) is 26.7. The summed E-state index contributed by atoms with van der Waals surface area (Å²) in [4.78, 5) is 39.6. The fraction of sp³-hybridized carbons (Fsp3) is 0.179. The summed E-state index contributed by atoms with van der Waals surface area (Å²) in [6, 6.07) is 17.1. The SMILES string of the molecule is CCOc1ccc(Cl)c(/C(O)=C2\C(=O)C(=O)N(c3ccc(NC(C)=O)cc3)C2c2ccccc2OC)c1. The van der Waals surface area contributed by atoms with E-state index in [1.165, 1.54) is 25.0 Å². The van der Waals surface area contributed by atoms with Gasteiger partial charge in [-0.25, -0.2) is 0 Å². The highest BCUT2D eigenvalue weighted by Crippen LogP contribution is 2.45. The van der Waals surface area contributed by atoms with Gasteiger partial charge in [-0.15, -0.1) is 0 Å². The number of carbonyl (C=O) groups is 3. The first-order valence-electron chi connectivity index (χ1n) is 11.5. The molecule has 190 valence electrons. The van der Waals surface area contributed by atoms with Gasteiger partial charge >= 0.3 is 0 Å². The number of aliphatic hydroxyl groups excluding tert-OH is 1. The molecular weight excluding hydrogens is 496 g/mol. The average molecular weight is 521 g/mol. The second-order valence-corrected chi connectivity index (χ2v) is 8.62. The number of nitrogens with one attached hydrogen (secondary N) is 1. The van der Waals surface area contributed by atoms with Crippen molar-refractivity contribution in [2.45, 2.75) is 19.9 Å². The number of ketones is 1. The number of methoxy groups -OCH3 is 1. The van der Waals surface area contributed by atoms with Gasteiger partial charge in [-0.05, 0) is 55.5 Å². The van der Waals surface area contributed by atoms with Crippen LogP contribution >= 0.6 is 11.6 Å². The van der Waals surface area contributed by atoms with Crippen LogP contribution in [0.4, 0.5) is 11.4 Å². The number of para-hydroxylation sites is 1. The number of ether oxygens (including phenoxy) is 2. The Balaban J connectivity index is 1.93. The van der Waals surface area contributed by atoms with E-state index in [1.807, 2.05) is 6.92 Å². The molecule has 1 aliphatic heterocycles. The molecule has 0 aliphatic carbocycles. The lowest BCUT2D eigenvalue weighted by Gasteiger charge is -2.27. The van der Waals surface area contributed by atoms with Crippen LogP contribution in [0.1, 0.15) is 31.0 Å². The van der Waals surface area contributed by atoms with Gasteiger partial charge < -0.3 is 19.9 Å². The number of benzene rings is 3. The molecule has 37 heavy (non-hydrogen) atoms. The zero-order valence-corrected chi connectivity index (χ0v) is 21.2. The quantitative estimate of drug-likeness (QED) is 0.248. The molecule has 2 N–H and O–H groups in total. The predicted molar refractivity (Wildman–Crippen MR) is 141 cm³/mol. The van der Waals surface area contributed by atoms with Gasteiger partial charge in [0, 0.05) is 29.4 Å². The number of Topliss-reactive ketones (excluding diaryl/α,β-unsaturated/α-hetero) is 1. The molecule has 3 aromatic rings. The number of hydrogen-bond donors (Lipinski definition) is 2. The van der Waals surface area contributed by atoms with Gasteiger partial charge in [0.1, 0.15) is 17.3 Å². The lowest BCUT2D eigenvalue weighted by Crippen LogP contribution is -2.29. The molecule has 0 bridgehead atoms. The Morgan fingerprint density at radius 2 is 1.78 bits per heavy atom. The Morgan fingerprint density at radius 3 is 2.43 bits per heavy atom. The lowest BCUT2D eigenvalue weighted by atomic mass is 9.94. The first-order chi connectivity index (χ1) is 17.8. The number of anilines is 2. The van der Waals surface area contributed by atoms with Crippen LogP contribution in [0.15, 0.2) is 72.3 Å². The molecule has 9 heteroatoms. The number of aliphatic hydroxyl groups is 1. The normalized spacial score (nSPS) is 16.5. The van der Waals surface area contributed by atoms with Crippen LogP contribution < -0.4 is 19.7 Å². The Bertz CT molecular complexity index is 1400. The van der Waals surface area contributed by atoms with Crippen LogP contribution in [0.2, 0.25) is 5.02 Å². The molecule has 1 unspecified atom stereocenters. The smallest absolute Gasteiger partial charge is 0.300 e. The molecule has 3 aromatic carbocycles. The minimum atomic E-state index is -1.02. The van der Waals surface area contributed by atoms with E-state index < -0.39 is 23.5 Å². The molecule has 0 aromatic heterocycles. The summed E-state index contributed by atoms with van der Waals surface area (Å²) in [5, 5.41) is 14.3. The first-order valence-corrected chi connectivity index (χ1v) is 11.9. The third-order valence-electron chi connectivity index (χ3n) is 5.85. The molecule has 1 aliphatic rings. The van der Waals surface area contributed by atoms with E-state index in [0.29, 0.717) is 35.0 Å². The fourth-order valence-electron chi connectivity index (χ4n) is 4.28. The van der Waals surface area contributed by atoms with E-state index in [0.717, 1.165) is 0 Å². The van der Waals surface area contributed by atoms with Crippen molar-refractivity contribution in [1.82, 2.24) is 0 Å². The second-order valence-electron chi connectivity index (χ2n) is 8.21. The molecule has 1 fully saturated rings. The molecule has 4 rings (SSSR count). The Kier molecular flexibility index (Phi) is 7.50. The summed E-state index contributed by atoms with van der Waals surface area (Å²) >= 11 is 6.40. The van der Waals surface area contributed by atoms with E-state index in [4.69, 9.17) is 21.1 Å². The van der Waals surface area contributed by atoms with Gasteiger partial charge in [-0.3, -0.25) is 19.3 Å². The van der Waals surface area contributed by atoms with E-state index in [2.05, 4.69) is 5.32 Å². The van der Waals surface area contributed by atoms with Crippen LogP contribution in [0.5, 0.6) is 11.5 Å². The van der Waals surface area contributed by atoms with E-state index in [-0.39, 0.29) is 22.1 Å². The van der Waals surface area contributed by atoms with Crippen molar-refractivity contribution in [3.05, 3.63) is 88.5 Å². The van der Waals surface area contributed by atoms with Crippen molar-refractivity contribution < 1.29 is 29.0 Å². The zero-order valence-electron chi connectivity index (χ0n) is 20.4. The number of nitrogens with zero attached hydrogens (tertiary/aromatic N) is 1. The van der Waals surface area contributed by atoms with Gasteiger partial charge in [0.05, 0.1) is 30.4 Å². The number of halogens is 1. The van der Waals surface area contributed by atoms with Crippen LogP contribution in [0, 0.1) is 0 Å². The maximum atomic E-state index is 13.4. The fourth-order valence-corrected chi connectivity index (χ4v) is 4.49. The molecule has 2 amide bonds. The molecule has 0 saturated carbocycles. The first kappa shape index (κ1) is 25.8. The van der Waals surface area contributed by atoms with E-state index in [1.54, 1.807) is 60.7 Å². The second kappa shape index (κ2) is 10.8. The van der Waals surface area contributed by atoms with Crippen molar-refractivity contribution in [3.8, 4) is 11.5 Å². The summed E-state index contributed by atoms with van der Waals surface area (Å²) in [7, 11) is 1.48. The summed E-state index contributed by atoms with van der Waals surface area (Å²) in [5.74, 6) is -1.51. The highest BCUT2D eigenvalue weighted by atomic mass is 35.5. The maximum Gasteiger partial charge on any atom is 0.300 e. The number of carbonyl (C=O) groups excluding carboxylic acids is 3. The Labute approximate surface area is 219 Å². The van der Waals surface area contributed by atoms with Crippen LogP contribution in [0.3, 0.4) is 0 Å². The largest absolute Gasteiger partial charge is 0.507 e. The summed E-state index contributed by atoms with van der Waals surface area (Å²) in [6.45, 7) is 3.60. The van der Waals surface area contributed by atoms with E-state index in [9.17, 15) is 19.5 Å². The van der Waals surface area contributed by atoms with Gasteiger partial charge in [0.25, 0.3) is 11.7 Å². The summed E-state index contributed by atoms with van der Waals surface area (Å²) in [5.41, 5.74) is 1.43. The molecule has 1 heterocycles. The van der Waals surface area contributed by atoms with Crippen molar-refractivity contribution in [3.63, 3.8) is 0 Å². The lowest BCUT2D eigenvalue weighted by molar-refractivity contribution is -0.132. The average Bonchev–Trinajstić information content (AvgIpc) is 3.15. The summed E-state index contributed by atoms with van der Waals surface area (Å²) < 4.78 is 11.1. The van der Waals surface area contributed by atoms with Gasteiger partial charge in [-0.2, -0.15) is 0 Å². The van der Waals surface area contributed by atoms with Crippen LogP contribution in [-0.2, 0) is 14.4 Å². The Morgan fingerprint density at radius 1 is 1.08 bits per heavy atom. The molecule has 0 spiro atoms. The van der Waals surface area contributed by atoms with Gasteiger partial charge in [-0.1, -0.05) is 29.8 Å². The highest BCUT2D eigenvalue weighted by molar-refractivity contribution is 6.52.